The number of amides is 2. The third-order valence-electron chi connectivity index (χ3n) is 6.36. The molecule has 0 aromatic heterocycles. The Labute approximate surface area is 226 Å². The van der Waals surface area contributed by atoms with Crippen LogP contribution in [0.5, 0.6) is 23.0 Å². The Hall–Kier alpha value is -4.98. The van der Waals surface area contributed by atoms with E-state index in [2.05, 4.69) is 0 Å². The summed E-state index contributed by atoms with van der Waals surface area (Å²) in [6.45, 7) is -0.241. The third kappa shape index (κ3) is 5.50. The van der Waals surface area contributed by atoms with E-state index in [4.69, 9.17) is 18.9 Å². The first-order valence-electron chi connectivity index (χ1n) is 12.4. The van der Waals surface area contributed by atoms with E-state index in [1.807, 2.05) is 36.4 Å². The standard InChI is InChI=1S/C31H28N2O6/c1-36-24-17-13-22(14-18-24)32(28(34)21-38-26-9-5-3-6-10-26)30-29(39-27-11-7-4-8-12-27)31(35)33(30)23-15-19-25(37-2)20-16-23/h3-20,29-30H,21H2,1-2H3. The number of carbonyl (C=O) groups excluding carboxylic acids is 2. The highest BCUT2D eigenvalue weighted by Crippen LogP contribution is 2.37. The van der Waals surface area contributed by atoms with Crippen LogP contribution in [-0.2, 0) is 9.59 Å². The van der Waals surface area contributed by atoms with Gasteiger partial charge in [-0.05, 0) is 72.8 Å². The number of rotatable bonds is 10. The van der Waals surface area contributed by atoms with Crippen LogP contribution in [0, 0.1) is 0 Å². The fourth-order valence-electron chi connectivity index (χ4n) is 4.40. The zero-order valence-electron chi connectivity index (χ0n) is 21.6. The van der Waals surface area contributed by atoms with Crippen molar-refractivity contribution in [3.63, 3.8) is 0 Å². The first-order chi connectivity index (χ1) is 19.1. The summed E-state index contributed by atoms with van der Waals surface area (Å²) in [6.07, 6.45) is -1.73. The van der Waals surface area contributed by atoms with Crippen LogP contribution in [0.2, 0.25) is 0 Å². The molecule has 2 unspecified atom stereocenters. The molecular formula is C31H28N2O6. The molecule has 4 aromatic carbocycles. The van der Waals surface area contributed by atoms with E-state index >= 15 is 0 Å². The number of benzene rings is 4. The van der Waals surface area contributed by atoms with Gasteiger partial charge in [-0.1, -0.05) is 36.4 Å². The molecule has 1 heterocycles. The molecule has 198 valence electrons. The predicted molar refractivity (Wildman–Crippen MR) is 148 cm³/mol. The summed E-state index contributed by atoms with van der Waals surface area (Å²) in [6, 6.07) is 32.3. The topological polar surface area (TPSA) is 77.5 Å². The summed E-state index contributed by atoms with van der Waals surface area (Å²) in [5.74, 6) is 1.76. The van der Waals surface area contributed by atoms with Crippen molar-refractivity contribution in [2.24, 2.45) is 0 Å². The van der Waals surface area contributed by atoms with Gasteiger partial charge in [-0.3, -0.25) is 19.4 Å². The molecule has 39 heavy (non-hydrogen) atoms. The first kappa shape index (κ1) is 25.7. The van der Waals surface area contributed by atoms with Gasteiger partial charge in [0, 0.05) is 11.4 Å². The highest BCUT2D eigenvalue weighted by atomic mass is 16.5. The number of para-hydroxylation sites is 2. The molecule has 0 N–H and O–H groups in total. The molecule has 0 bridgehead atoms. The Balaban J connectivity index is 1.53. The molecule has 1 fully saturated rings. The lowest BCUT2D eigenvalue weighted by molar-refractivity contribution is -0.136. The first-order valence-corrected chi connectivity index (χ1v) is 12.4. The largest absolute Gasteiger partial charge is 0.497 e. The molecule has 1 aliphatic rings. The summed E-state index contributed by atoms with van der Waals surface area (Å²) in [7, 11) is 3.15. The molecular weight excluding hydrogens is 496 g/mol. The molecule has 4 aromatic rings. The molecule has 0 spiro atoms. The second-order valence-corrected chi connectivity index (χ2v) is 8.73. The van der Waals surface area contributed by atoms with Crippen molar-refractivity contribution in [1.82, 2.24) is 0 Å². The number of hydrogen-bond donors (Lipinski definition) is 0. The van der Waals surface area contributed by atoms with Crippen LogP contribution in [-0.4, -0.2) is 44.9 Å². The van der Waals surface area contributed by atoms with Crippen molar-refractivity contribution in [2.45, 2.75) is 12.3 Å². The van der Waals surface area contributed by atoms with Gasteiger partial charge in [0.2, 0.25) is 6.10 Å². The van der Waals surface area contributed by atoms with Crippen LogP contribution in [0.1, 0.15) is 0 Å². The Morgan fingerprint density at radius 3 is 1.82 bits per heavy atom. The average molecular weight is 525 g/mol. The molecule has 8 heteroatoms. The number of carbonyl (C=O) groups is 2. The fraction of sp³-hybridized carbons (Fsp3) is 0.161. The Morgan fingerprint density at radius 2 is 1.26 bits per heavy atom. The van der Waals surface area contributed by atoms with Crippen LogP contribution in [0.3, 0.4) is 0 Å². The second kappa shape index (κ2) is 11.6. The summed E-state index contributed by atoms with van der Waals surface area (Å²) in [5, 5.41) is 0. The number of nitrogens with zero attached hydrogens (tertiary/aromatic N) is 2. The molecule has 8 nitrogen and oxygen atoms in total. The van der Waals surface area contributed by atoms with Gasteiger partial charge in [-0.15, -0.1) is 0 Å². The highest BCUT2D eigenvalue weighted by molar-refractivity contribution is 6.09. The van der Waals surface area contributed by atoms with E-state index in [0.29, 0.717) is 34.4 Å². The van der Waals surface area contributed by atoms with Crippen LogP contribution in [0.4, 0.5) is 11.4 Å². The average Bonchev–Trinajstić information content (AvgIpc) is 3.00. The minimum atomic E-state index is -0.947. The summed E-state index contributed by atoms with van der Waals surface area (Å²) in [5.41, 5.74) is 1.17. The van der Waals surface area contributed by atoms with Crippen LogP contribution >= 0.6 is 0 Å². The minimum absolute atomic E-state index is 0.241. The molecule has 0 aliphatic carbocycles. The number of anilines is 2. The second-order valence-electron chi connectivity index (χ2n) is 8.73. The number of β-lactam (4-membered cyclic amide) rings is 1. The van der Waals surface area contributed by atoms with E-state index in [0.717, 1.165) is 0 Å². The third-order valence-corrected chi connectivity index (χ3v) is 6.36. The fourth-order valence-corrected chi connectivity index (χ4v) is 4.40. The van der Waals surface area contributed by atoms with Gasteiger partial charge in [0.15, 0.2) is 12.8 Å². The van der Waals surface area contributed by atoms with Gasteiger partial charge in [-0.2, -0.15) is 0 Å². The van der Waals surface area contributed by atoms with Crippen LogP contribution in [0.25, 0.3) is 0 Å². The van der Waals surface area contributed by atoms with Gasteiger partial charge in [-0.25, -0.2) is 0 Å². The zero-order chi connectivity index (χ0) is 27.2. The van der Waals surface area contributed by atoms with Gasteiger partial charge >= 0.3 is 0 Å². The van der Waals surface area contributed by atoms with Crippen LogP contribution in [0.15, 0.2) is 109 Å². The smallest absolute Gasteiger partial charge is 0.274 e. The van der Waals surface area contributed by atoms with Crippen molar-refractivity contribution in [2.75, 3.05) is 30.6 Å². The van der Waals surface area contributed by atoms with Gasteiger partial charge < -0.3 is 18.9 Å². The molecule has 2 amide bonds. The lowest BCUT2D eigenvalue weighted by atomic mass is 10.0. The van der Waals surface area contributed by atoms with Crippen molar-refractivity contribution in [3.8, 4) is 23.0 Å². The predicted octanol–water partition coefficient (Wildman–Crippen LogP) is 4.94. The molecule has 5 rings (SSSR count). The molecule has 0 saturated carbocycles. The minimum Gasteiger partial charge on any atom is -0.497 e. The summed E-state index contributed by atoms with van der Waals surface area (Å²) >= 11 is 0. The maximum Gasteiger partial charge on any atom is 0.274 e. The van der Waals surface area contributed by atoms with E-state index in [-0.39, 0.29) is 18.4 Å². The Bertz CT molecular complexity index is 1390. The molecule has 1 saturated heterocycles. The molecule has 2 atom stereocenters. The monoisotopic (exact) mass is 524 g/mol. The number of methoxy groups -OCH3 is 2. The van der Waals surface area contributed by atoms with E-state index in [1.54, 1.807) is 96.8 Å². The summed E-state index contributed by atoms with van der Waals surface area (Å²) < 4.78 is 22.6. The lowest BCUT2D eigenvalue weighted by Gasteiger charge is -2.50. The molecule has 0 radical (unpaired) electrons. The highest BCUT2D eigenvalue weighted by Gasteiger charge is 2.55. The maximum atomic E-state index is 13.8. The molecule has 1 aliphatic heterocycles. The Kier molecular flexibility index (Phi) is 7.63. The SMILES string of the molecule is COc1ccc(N(C(=O)COc2ccccc2)C2C(Oc3ccccc3)C(=O)N2c2ccc(OC)cc2)cc1. The van der Waals surface area contributed by atoms with E-state index in [9.17, 15) is 9.59 Å². The quantitative estimate of drug-likeness (QED) is 0.274. The van der Waals surface area contributed by atoms with Gasteiger partial charge in [0.25, 0.3) is 11.8 Å². The lowest BCUT2D eigenvalue weighted by Crippen LogP contribution is -2.75. The van der Waals surface area contributed by atoms with Crippen molar-refractivity contribution < 1.29 is 28.5 Å². The zero-order valence-corrected chi connectivity index (χ0v) is 21.6. The van der Waals surface area contributed by atoms with Gasteiger partial charge in [0.05, 0.1) is 14.2 Å². The van der Waals surface area contributed by atoms with Crippen molar-refractivity contribution in [3.05, 3.63) is 109 Å². The Morgan fingerprint density at radius 1 is 0.718 bits per heavy atom. The summed E-state index contributed by atoms with van der Waals surface area (Å²) in [4.78, 5) is 30.5. The van der Waals surface area contributed by atoms with E-state index < -0.39 is 12.3 Å². The maximum absolute atomic E-state index is 13.8. The van der Waals surface area contributed by atoms with Crippen molar-refractivity contribution >= 4 is 23.2 Å². The van der Waals surface area contributed by atoms with Crippen LogP contribution < -0.4 is 28.7 Å². The number of ether oxygens (including phenoxy) is 4. The van der Waals surface area contributed by atoms with Crippen molar-refractivity contribution in [1.29, 1.82) is 0 Å². The number of hydrogen-bond acceptors (Lipinski definition) is 6. The normalized spacial score (nSPS) is 16.2. The van der Waals surface area contributed by atoms with E-state index in [1.165, 1.54) is 0 Å². The van der Waals surface area contributed by atoms with Gasteiger partial charge in [0.1, 0.15) is 23.0 Å².